The molecular weight excluding hydrogens is 450 g/mol. The predicted molar refractivity (Wildman–Crippen MR) is 144 cm³/mol. The number of hydrogen-bond acceptors (Lipinski definition) is 5. The van der Waals surface area contributed by atoms with Crippen molar-refractivity contribution in [3.63, 3.8) is 0 Å². The van der Waals surface area contributed by atoms with Gasteiger partial charge in [0.15, 0.2) is 0 Å². The van der Waals surface area contributed by atoms with Crippen molar-refractivity contribution >= 4 is 28.4 Å². The molecule has 196 valence electrons. The molecule has 3 aliphatic rings. The van der Waals surface area contributed by atoms with Gasteiger partial charge in [-0.15, -0.1) is 0 Å². The largest absolute Gasteiger partial charge is 0.368 e. The Morgan fingerprint density at radius 3 is 2.47 bits per heavy atom. The smallest absolute Gasteiger partial charge is 0.235 e. The molecule has 1 aliphatic carbocycles. The first-order chi connectivity index (χ1) is 17.4. The number of nitrogens with one attached hydrogen (secondary N) is 1. The number of aryl methyl sites for hydroxylation is 1. The van der Waals surface area contributed by atoms with Gasteiger partial charge in [-0.3, -0.25) is 24.5 Å². The third-order valence-corrected chi connectivity index (χ3v) is 8.90. The summed E-state index contributed by atoms with van der Waals surface area (Å²) in [5, 5.41) is 8.19. The van der Waals surface area contributed by atoms with Crippen molar-refractivity contribution in [1.82, 2.24) is 20.0 Å². The molecule has 0 spiro atoms. The summed E-state index contributed by atoms with van der Waals surface area (Å²) in [4.78, 5) is 29.3. The van der Waals surface area contributed by atoms with Gasteiger partial charge >= 0.3 is 0 Å². The van der Waals surface area contributed by atoms with Gasteiger partial charge in [0.2, 0.25) is 11.8 Å². The van der Waals surface area contributed by atoms with Crippen LogP contribution in [-0.2, 0) is 16.6 Å². The van der Waals surface area contributed by atoms with Crippen molar-refractivity contribution in [2.75, 3.05) is 24.5 Å². The molecule has 36 heavy (non-hydrogen) atoms. The van der Waals surface area contributed by atoms with Crippen LogP contribution in [0.1, 0.15) is 89.7 Å². The van der Waals surface area contributed by atoms with E-state index in [4.69, 9.17) is 5.10 Å². The number of aromatic nitrogens is 2. The zero-order chi connectivity index (χ0) is 25.2. The lowest BCUT2D eigenvalue weighted by molar-refractivity contribution is -0.134. The number of benzene rings is 1. The summed E-state index contributed by atoms with van der Waals surface area (Å²) in [6, 6.07) is 7.55. The Bertz CT molecular complexity index is 1080. The molecule has 7 nitrogen and oxygen atoms in total. The van der Waals surface area contributed by atoms with Gasteiger partial charge < -0.3 is 4.90 Å². The van der Waals surface area contributed by atoms with Gasteiger partial charge in [0, 0.05) is 49.7 Å². The molecule has 2 aromatic rings. The van der Waals surface area contributed by atoms with Crippen molar-refractivity contribution in [2.24, 2.45) is 13.0 Å². The Balaban J connectivity index is 1.21. The molecule has 2 aliphatic heterocycles. The van der Waals surface area contributed by atoms with Crippen molar-refractivity contribution in [3.8, 4) is 0 Å². The summed E-state index contributed by atoms with van der Waals surface area (Å²) in [7, 11) is 1.94. The standard InChI is InChI=1S/C29H43N5O2/c1-20-18-33(19-21(2)34(20)16-8-7-11-22-9-5-4-6-10-22)23-12-13-24-26(17-23)32(3)31-28(24)25-14-15-27(35)30-29(25)36/h12-13,17,20-22,25H,4-11,14-16,18-19H2,1-3H3,(H,30,35,36)/t20-,21-,25?/m0/s1. The van der Waals surface area contributed by atoms with Gasteiger partial charge in [0.05, 0.1) is 17.1 Å². The van der Waals surface area contributed by atoms with Gasteiger partial charge in [0.1, 0.15) is 0 Å². The molecular formula is C29H43N5O2. The highest BCUT2D eigenvalue weighted by Gasteiger charge is 2.33. The van der Waals surface area contributed by atoms with Gasteiger partial charge in [-0.1, -0.05) is 44.9 Å². The number of piperazine rings is 1. The van der Waals surface area contributed by atoms with E-state index in [-0.39, 0.29) is 17.7 Å². The van der Waals surface area contributed by atoms with Gasteiger partial charge in [-0.25, -0.2) is 0 Å². The van der Waals surface area contributed by atoms with E-state index in [1.54, 1.807) is 0 Å². The number of rotatable bonds is 7. The maximum atomic E-state index is 12.5. The predicted octanol–water partition coefficient (Wildman–Crippen LogP) is 4.74. The molecule has 7 heteroatoms. The van der Waals surface area contributed by atoms with Crippen LogP contribution in [0, 0.1) is 5.92 Å². The van der Waals surface area contributed by atoms with Crippen LogP contribution in [-0.4, -0.2) is 58.2 Å². The second-order valence-electron chi connectivity index (χ2n) is 11.6. The molecule has 1 aromatic heterocycles. The van der Waals surface area contributed by atoms with Crippen molar-refractivity contribution < 1.29 is 9.59 Å². The van der Waals surface area contributed by atoms with Crippen LogP contribution in [0.15, 0.2) is 18.2 Å². The molecule has 1 saturated carbocycles. The first kappa shape index (κ1) is 25.2. The summed E-state index contributed by atoms with van der Waals surface area (Å²) in [6.07, 6.45) is 12.3. The Morgan fingerprint density at radius 2 is 1.75 bits per heavy atom. The quantitative estimate of drug-likeness (QED) is 0.446. The topological polar surface area (TPSA) is 70.5 Å². The number of imide groups is 1. The van der Waals surface area contributed by atoms with Crippen LogP contribution >= 0.6 is 0 Å². The summed E-state index contributed by atoms with van der Waals surface area (Å²) >= 11 is 0. The number of piperidine rings is 1. The lowest BCUT2D eigenvalue weighted by atomic mass is 9.86. The van der Waals surface area contributed by atoms with E-state index >= 15 is 0 Å². The third kappa shape index (κ3) is 5.31. The average molecular weight is 494 g/mol. The lowest BCUT2D eigenvalue weighted by Gasteiger charge is -2.45. The van der Waals surface area contributed by atoms with Gasteiger partial charge in [0.25, 0.3) is 0 Å². The van der Waals surface area contributed by atoms with Crippen LogP contribution in [0.3, 0.4) is 0 Å². The Morgan fingerprint density at radius 1 is 1.00 bits per heavy atom. The number of amides is 2. The van der Waals surface area contributed by atoms with E-state index < -0.39 is 0 Å². The van der Waals surface area contributed by atoms with E-state index in [1.807, 2.05) is 11.7 Å². The van der Waals surface area contributed by atoms with Gasteiger partial charge in [-0.05, 0) is 57.4 Å². The van der Waals surface area contributed by atoms with Crippen LogP contribution in [0.4, 0.5) is 5.69 Å². The summed E-state index contributed by atoms with van der Waals surface area (Å²) in [5.74, 6) is 0.208. The van der Waals surface area contributed by atoms with E-state index in [0.717, 1.165) is 35.6 Å². The Kier molecular flexibility index (Phi) is 7.65. The normalized spacial score (nSPS) is 26.5. The van der Waals surface area contributed by atoms with Crippen molar-refractivity contribution in [2.45, 2.75) is 96.1 Å². The third-order valence-electron chi connectivity index (χ3n) is 8.90. The summed E-state index contributed by atoms with van der Waals surface area (Å²) in [6.45, 7) is 7.99. The molecule has 0 radical (unpaired) electrons. The second-order valence-corrected chi connectivity index (χ2v) is 11.6. The maximum Gasteiger partial charge on any atom is 0.235 e. The minimum absolute atomic E-state index is 0.189. The number of fused-ring (bicyclic) bond motifs is 1. The first-order valence-corrected chi connectivity index (χ1v) is 14.2. The van der Waals surface area contributed by atoms with E-state index in [9.17, 15) is 9.59 Å². The zero-order valence-corrected chi connectivity index (χ0v) is 22.3. The summed E-state index contributed by atoms with van der Waals surface area (Å²) < 4.78 is 1.88. The molecule has 0 bridgehead atoms. The zero-order valence-electron chi connectivity index (χ0n) is 22.3. The highest BCUT2D eigenvalue weighted by molar-refractivity contribution is 6.02. The van der Waals surface area contributed by atoms with Crippen LogP contribution < -0.4 is 10.2 Å². The van der Waals surface area contributed by atoms with E-state index in [2.05, 4.69) is 47.2 Å². The fraction of sp³-hybridized carbons (Fsp3) is 0.690. The Hall–Kier alpha value is -2.41. The maximum absolute atomic E-state index is 12.5. The number of carbonyl (C=O) groups excluding carboxylic acids is 2. The van der Waals surface area contributed by atoms with Crippen LogP contribution in [0.5, 0.6) is 0 Å². The minimum atomic E-state index is -0.362. The second kappa shape index (κ2) is 10.9. The minimum Gasteiger partial charge on any atom is -0.368 e. The SMILES string of the molecule is C[C@H]1CN(c2ccc3c(C4CCC(=O)NC4=O)nn(C)c3c2)C[C@H](C)N1CCCCC1CCCCC1. The molecule has 2 saturated heterocycles. The number of nitrogens with zero attached hydrogens (tertiary/aromatic N) is 4. The molecule has 1 unspecified atom stereocenters. The molecule has 1 N–H and O–H groups in total. The number of anilines is 1. The number of carbonyl (C=O) groups is 2. The number of hydrogen-bond donors (Lipinski definition) is 1. The first-order valence-electron chi connectivity index (χ1n) is 14.2. The monoisotopic (exact) mass is 493 g/mol. The van der Waals surface area contributed by atoms with Crippen molar-refractivity contribution in [1.29, 1.82) is 0 Å². The molecule has 3 fully saturated rings. The average Bonchev–Trinajstić information content (AvgIpc) is 3.19. The fourth-order valence-corrected chi connectivity index (χ4v) is 6.89. The molecule has 3 atom stereocenters. The Labute approximate surface area is 215 Å². The fourth-order valence-electron chi connectivity index (χ4n) is 6.89. The lowest BCUT2D eigenvalue weighted by Crippen LogP contribution is -2.57. The van der Waals surface area contributed by atoms with Gasteiger partial charge in [-0.2, -0.15) is 5.10 Å². The molecule has 1 aromatic carbocycles. The number of unbranched alkanes of at least 4 members (excludes halogenated alkanes) is 1. The van der Waals surface area contributed by atoms with Crippen molar-refractivity contribution in [3.05, 3.63) is 23.9 Å². The van der Waals surface area contributed by atoms with E-state index in [1.165, 1.54) is 63.6 Å². The van der Waals surface area contributed by atoms with Crippen LogP contribution in [0.2, 0.25) is 0 Å². The molecule has 5 rings (SSSR count). The van der Waals surface area contributed by atoms with Crippen LogP contribution in [0.25, 0.3) is 10.9 Å². The highest BCUT2D eigenvalue weighted by atomic mass is 16.2. The van der Waals surface area contributed by atoms with E-state index in [0.29, 0.717) is 24.9 Å². The summed E-state index contributed by atoms with van der Waals surface area (Å²) in [5.41, 5.74) is 3.04. The molecule has 2 amide bonds. The highest BCUT2D eigenvalue weighted by Crippen LogP contribution is 2.33. The molecule has 3 heterocycles.